The fourth-order valence-corrected chi connectivity index (χ4v) is 4.83. The van der Waals surface area contributed by atoms with Crippen molar-refractivity contribution in [2.75, 3.05) is 13.4 Å². The summed E-state index contributed by atoms with van der Waals surface area (Å²) < 4.78 is 11.3. The summed E-state index contributed by atoms with van der Waals surface area (Å²) in [5, 5.41) is 0. The lowest BCUT2D eigenvalue weighted by molar-refractivity contribution is -0.123. The number of ether oxygens (including phenoxy) is 2. The van der Waals surface area contributed by atoms with Crippen molar-refractivity contribution >= 4 is 0 Å². The van der Waals surface area contributed by atoms with E-state index >= 15 is 0 Å². The van der Waals surface area contributed by atoms with Crippen LogP contribution in [0.3, 0.4) is 0 Å². The maximum absolute atomic E-state index is 5.92. The zero-order valence-corrected chi connectivity index (χ0v) is 14.2. The van der Waals surface area contributed by atoms with Gasteiger partial charge in [0.25, 0.3) is 0 Å². The first-order valence-electron chi connectivity index (χ1n) is 8.65. The lowest BCUT2D eigenvalue weighted by Crippen LogP contribution is -2.44. The second-order valence-corrected chi connectivity index (χ2v) is 7.84. The molecule has 5 unspecified atom stereocenters. The molecule has 0 aromatic rings. The minimum absolute atomic E-state index is 0.329. The maximum atomic E-state index is 5.92. The van der Waals surface area contributed by atoms with Gasteiger partial charge in [-0.25, -0.2) is 0 Å². The van der Waals surface area contributed by atoms with Gasteiger partial charge in [0.15, 0.2) is 0 Å². The number of fused-ring (bicyclic) bond motifs is 1. The predicted octanol–water partition coefficient (Wildman–Crippen LogP) is 4.87. The Balaban J connectivity index is 1.97. The number of hydrogen-bond acceptors (Lipinski definition) is 2. The van der Waals surface area contributed by atoms with Crippen LogP contribution in [-0.4, -0.2) is 19.5 Å². The first-order chi connectivity index (χ1) is 9.45. The number of rotatable bonds is 5. The van der Waals surface area contributed by atoms with Crippen LogP contribution in [0.25, 0.3) is 0 Å². The highest BCUT2D eigenvalue weighted by atomic mass is 16.7. The summed E-state index contributed by atoms with van der Waals surface area (Å²) in [5.41, 5.74) is 0.529. The fourth-order valence-electron chi connectivity index (χ4n) is 4.83. The Labute approximate surface area is 125 Å². The van der Waals surface area contributed by atoms with Gasteiger partial charge in [0.05, 0.1) is 6.10 Å². The number of hydrogen-bond donors (Lipinski definition) is 0. The van der Waals surface area contributed by atoms with Gasteiger partial charge in [-0.15, -0.1) is 0 Å². The summed E-state index contributed by atoms with van der Waals surface area (Å²) in [6.45, 7) is 12.9. The Morgan fingerprint density at radius 1 is 1.25 bits per heavy atom. The molecule has 2 aliphatic rings. The van der Waals surface area contributed by atoms with E-state index in [1.54, 1.807) is 0 Å². The first-order valence-corrected chi connectivity index (χ1v) is 8.65. The molecule has 0 spiro atoms. The monoisotopic (exact) mass is 282 g/mol. The summed E-state index contributed by atoms with van der Waals surface area (Å²) in [4.78, 5) is 0. The lowest BCUT2D eigenvalue weighted by Gasteiger charge is -2.51. The molecule has 2 saturated carbocycles. The average molecular weight is 282 g/mol. The molecule has 2 aliphatic carbocycles. The molecule has 0 amide bonds. The summed E-state index contributed by atoms with van der Waals surface area (Å²) in [5.74, 6) is 3.36. The van der Waals surface area contributed by atoms with E-state index in [4.69, 9.17) is 9.47 Å². The van der Waals surface area contributed by atoms with Crippen molar-refractivity contribution in [1.82, 2.24) is 0 Å². The van der Waals surface area contributed by atoms with Crippen LogP contribution in [0.15, 0.2) is 0 Å². The van der Waals surface area contributed by atoms with Crippen molar-refractivity contribution in [2.24, 2.45) is 29.1 Å². The molecule has 0 aromatic carbocycles. The van der Waals surface area contributed by atoms with Crippen molar-refractivity contribution in [2.45, 2.75) is 72.8 Å². The lowest BCUT2D eigenvalue weighted by atomic mass is 9.54. The van der Waals surface area contributed by atoms with Crippen molar-refractivity contribution in [3.8, 4) is 0 Å². The van der Waals surface area contributed by atoms with Crippen LogP contribution >= 0.6 is 0 Å². The van der Waals surface area contributed by atoms with Gasteiger partial charge in [0.1, 0.15) is 6.79 Å². The standard InChI is InChI=1S/C18H34O2/c1-6-19-12-20-14(3)16-11-17-15(10-13(16)2)8-7-9-18(17,4)5/h13-17H,6-12H2,1-5H3. The predicted molar refractivity (Wildman–Crippen MR) is 83.5 cm³/mol. The van der Waals surface area contributed by atoms with E-state index in [-0.39, 0.29) is 0 Å². The van der Waals surface area contributed by atoms with Gasteiger partial charge in [-0.1, -0.05) is 33.6 Å². The van der Waals surface area contributed by atoms with E-state index in [2.05, 4.69) is 27.7 Å². The zero-order chi connectivity index (χ0) is 14.8. The van der Waals surface area contributed by atoms with E-state index in [1.165, 1.54) is 32.1 Å². The Morgan fingerprint density at radius 2 is 2.00 bits per heavy atom. The second-order valence-electron chi connectivity index (χ2n) is 7.84. The highest BCUT2D eigenvalue weighted by molar-refractivity contribution is 4.95. The van der Waals surface area contributed by atoms with Gasteiger partial charge in [-0.05, 0) is 62.2 Å². The molecule has 0 aromatic heterocycles. The van der Waals surface area contributed by atoms with Crippen molar-refractivity contribution in [3.63, 3.8) is 0 Å². The molecule has 0 N–H and O–H groups in total. The molecule has 2 heteroatoms. The van der Waals surface area contributed by atoms with Crippen molar-refractivity contribution in [1.29, 1.82) is 0 Å². The quantitative estimate of drug-likeness (QED) is 0.529. The Kier molecular flexibility index (Phi) is 5.53. The molecular formula is C18H34O2. The van der Waals surface area contributed by atoms with Crippen LogP contribution in [0.5, 0.6) is 0 Å². The molecule has 0 saturated heterocycles. The van der Waals surface area contributed by atoms with Gasteiger partial charge in [0, 0.05) is 6.61 Å². The van der Waals surface area contributed by atoms with Crippen LogP contribution in [0.4, 0.5) is 0 Å². The highest BCUT2D eigenvalue weighted by Gasteiger charge is 2.45. The molecule has 5 atom stereocenters. The molecule has 0 aliphatic heterocycles. The largest absolute Gasteiger partial charge is 0.356 e. The van der Waals surface area contributed by atoms with Gasteiger partial charge in [-0.3, -0.25) is 0 Å². The minimum Gasteiger partial charge on any atom is -0.356 e. The molecule has 2 fully saturated rings. The second kappa shape index (κ2) is 6.79. The van der Waals surface area contributed by atoms with Crippen LogP contribution < -0.4 is 0 Å². The van der Waals surface area contributed by atoms with E-state index in [0.717, 1.165) is 24.4 Å². The van der Waals surface area contributed by atoms with Crippen LogP contribution in [0.2, 0.25) is 0 Å². The van der Waals surface area contributed by atoms with E-state index < -0.39 is 0 Å². The SMILES string of the molecule is CCOCOC(C)C1CC2C(CCCC2(C)C)CC1C. The average Bonchev–Trinajstić information content (AvgIpc) is 2.37. The Hall–Kier alpha value is -0.0800. The maximum Gasteiger partial charge on any atom is 0.147 e. The third-order valence-electron chi connectivity index (χ3n) is 6.12. The summed E-state index contributed by atoms with van der Waals surface area (Å²) >= 11 is 0. The van der Waals surface area contributed by atoms with E-state index in [0.29, 0.717) is 24.2 Å². The van der Waals surface area contributed by atoms with Gasteiger partial charge in [0.2, 0.25) is 0 Å². The van der Waals surface area contributed by atoms with Crippen LogP contribution in [-0.2, 0) is 9.47 Å². The molecule has 118 valence electrons. The van der Waals surface area contributed by atoms with Gasteiger partial charge < -0.3 is 9.47 Å². The molecule has 0 radical (unpaired) electrons. The van der Waals surface area contributed by atoms with Crippen LogP contribution in [0, 0.1) is 29.1 Å². The molecule has 2 rings (SSSR count). The fraction of sp³-hybridized carbons (Fsp3) is 1.00. The molecule has 0 bridgehead atoms. The summed E-state index contributed by atoms with van der Waals surface area (Å²) in [6, 6.07) is 0. The van der Waals surface area contributed by atoms with Gasteiger partial charge in [-0.2, -0.15) is 0 Å². The van der Waals surface area contributed by atoms with Crippen molar-refractivity contribution < 1.29 is 9.47 Å². The molecule has 20 heavy (non-hydrogen) atoms. The highest BCUT2D eigenvalue weighted by Crippen LogP contribution is 2.53. The molecule has 0 heterocycles. The van der Waals surface area contributed by atoms with Crippen molar-refractivity contribution in [3.05, 3.63) is 0 Å². The summed E-state index contributed by atoms with van der Waals surface area (Å²) in [7, 11) is 0. The molecule has 2 nitrogen and oxygen atoms in total. The third-order valence-corrected chi connectivity index (χ3v) is 6.12. The van der Waals surface area contributed by atoms with E-state index in [1.807, 2.05) is 6.92 Å². The smallest absolute Gasteiger partial charge is 0.147 e. The zero-order valence-electron chi connectivity index (χ0n) is 14.2. The summed E-state index contributed by atoms with van der Waals surface area (Å²) in [6.07, 6.45) is 7.38. The first kappa shape index (κ1) is 16.3. The third kappa shape index (κ3) is 3.57. The minimum atomic E-state index is 0.329. The van der Waals surface area contributed by atoms with Crippen LogP contribution in [0.1, 0.15) is 66.7 Å². The Morgan fingerprint density at radius 3 is 2.70 bits per heavy atom. The van der Waals surface area contributed by atoms with E-state index in [9.17, 15) is 0 Å². The normalized spacial score (nSPS) is 38.2. The molecular weight excluding hydrogens is 248 g/mol. The Bertz CT molecular complexity index is 300. The van der Waals surface area contributed by atoms with Gasteiger partial charge >= 0.3 is 0 Å². The topological polar surface area (TPSA) is 18.5 Å².